The van der Waals surface area contributed by atoms with Crippen LogP contribution in [0.3, 0.4) is 0 Å². The lowest BCUT2D eigenvalue weighted by Gasteiger charge is -2.30. The third-order valence-electron chi connectivity index (χ3n) is 7.90. The zero-order valence-electron chi connectivity index (χ0n) is 22.0. The summed E-state index contributed by atoms with van der Waals surface area (Å²) in [4.78, 5) is 34.4. The van der Waals surface area contributed by atoms with Crippen molar-refractivity contribution >= 4 is 22.8 Å². The van der Waals surface area contributed by atoms with Gasteiger partial charge in [-0.2, -0.15) is 8.78 Å². The maximum absolute atomic E-state index is 13.4. The number of fused-ring (bicyclic) bond motifs is 5. The Balaban J connectivity index is 1.43. The molecule has 2 atom stereocenters. The third-order valence-corrected chi connectivity index (χ3v) is 7.90. The topological polar surface area (TPSA) is 67.7 Å². The normalized spacial score (nSPS) is 20.8. The Morgan fingerprint density at radius 3 is 2.77 bits per heavy atom. The maximum atomic E-state index is 13.4. The van der Waals surface area contributed by atoms with Crippen LogP contribution in [0.25, 0.3) is 16.7 Å². The minimum absolute atomic E-state index is 0.0827. The van der Waals surface area contributed by atoms with Gasteiger partial charge in [-0.05, 0) is 62.4 Å². The van der Waals surface area contributed by atoms with Gasteiger partial charge in [-0.1, -0.05) is 24.8 Å². The summed E-state index contributed by atoms with van der Waals surface area (Å²) in [5.74, 6) is 7.42. The smallest absolute Gasteiger partial charge is 0.387 e. The number of aromatic nitrogens is 2. The molecule has 2 fully saturated rings. The fourth-order valence-electron chi connectivity index (χ4n) is 5.78. The number of rotatable bonds is 4. The van der Waals surface area contributed by atoms with Gasteiger partial charge in [-0.3, -0.25) is 14.2 Å². The van der Waals surface area contributed by atoms with E-state index in [1.54, 1.807) is 28.6 Å². The van der Waals surface area contributed by atoms with Gasteiger partial charge in [0.15, 0.2) is 5.75 Å². The van der Waals surface area contributed by atoms with Gasteiger partial charge < -0.3 is 14.5 Å². The van der Waals surface area contributed by atoms with E-state index in [0.29, 0.717) is 29.8 Å². The Morgan fingerprint density at radius 1 is 1.21 bits per heavy atom. The molecular formula is C30H30F2N4O3. The van der Waals surface area contributed by atoms with Crippen LogP contribution in [0.15, 0.2) is 36.4 Å². The van der Waals surface area contributed by atoms with Crippen molar-refractivity contribution in [3.63, 3.8) is 0 Å². The van der Waals surface area contributed by atoms with Gasteiger partial charge in [0, 0.05) is 37.5 Å². The predicted octanol–water partition coefficient (Wildman–Crippen LogP) is 5.16. The summed E-state index contributed by atoms with van der Waals surface area (Å²) in [6, 6.07) is 9.92. The van der Waals surface area contributed by atoms with E-state index in [-0.39, 0.29) is 46.7 Å². The molecule has 9 heteroatoms. The molecule has 0 spiro atoms. The lowest BCUT2D eigenvalue weighted by atomic mass is 9.97. The Morgan fingerprint density at radius 2 is 2.03 bits per heavy atom. The number of para-hydroxylation sites is 1. The van der Waals surface area contributed by atoms with Crippen LogP contribution in [0.1, 0.15) is 66.8 Å². The number of benzene rings is 2. The number of hydrogen-bond donors (Lipinski definition) is 0. The number of carbonyl (C=O) groups excluding carboxylic acids is 2. The fourth-order valence-corrected chi connectivity index (χ4v) is 5.78. The molecule has 1 saturated carbocycles. The highest BCUT2D eigenvalue weighted by Gasteiger charge is 2.36. The number of halogens is 2. The number of imidazole rings is 1. The number of hydrogen-bond acceptors (Lipinski definition) is 4. The van der Waals surface area contributed by atoms with E-state index >= 15 is 0 Å². The third kappa shape index (κ3) is 4.62. The second kappa shape index (κ2) is 9.99. The second-order valence-corrected chi connectivity index (χ2v) is 10.5. The van der Waals surface area contributed by atoms with Crippen LogP contribution in [0.2, 0.25) is 0 Å². The lowest BCUT2D eigenvalue weighted by molar-refractivity contribution is -0.133. The van der Waals surface area contributed by atoms with Crippen molar-refractivity contribution in [3.8, 4) is 23.3 Å². The first kappa shape index (κ1) is 25.4. The summed E-state index contributed by atoms with van der Waals surface area (Å²) in [7, 11) is 1.70. The second-order valence-electron chi connectivity index (χ2n) is 10.5. The zero-order valence-corrected chi connectivity index (χ0v) is 22.0. The van der Waals surface area contributed by atoms with Gasteiger partial charge >= 0.3 is 6.61 Å². The molecule has 2 aromatic carbocycles. The van der Waals surface area contributed by atoms with Crippen molar-refractivity contribution in [2.45, 2.75) is 51.7 Å². The largest absolute Gasteiger partial charge is 0.433 e. The summed E-state index contributed by atoms with van der Waals surface area (Å²) in [6.45, 7) is 0.371. The van der Waals surface area contributed by atoms with Crippen LogP contribution in [-0.2, 0) is 4.79 Å². The Hall–Kier alpha value is -3.93. The molecule has 0 radical (unpaired) electrons. The van der Waals surface area contributed by atoms with Gasteiger partial charge in [0.2, 0.25) is 5.91 Å². The number of likely N-dealkylation sites (tertiary alicyclic amines) is 1. The van der Waals surface area contributed by atoms with Crippen LogP contribution in [0, 0.1) is 23.7 Å². The van der Waals surface area contributed by atoms with Crippen molar-refractivity contribution in [1.29, 1.82) is 0 Å². The Kier molecular flexibility index (Phi) is 6.49. The van der Waals surface area contributed by atoms with E-state index in [0.717, 1.165) is 37.8 Å². The van der Waals surface area contributed by atoms with Crippen LogP contribution in [0.5, 0.6) is 5.75 Å². The summed E-state index contributed by atoms with van der Waals surface area (Å²) < 4.78 is 33.5. The number of carbonyl (C=O) groups is 2. The van der Waals surface area contributed by atoms with Gasteiger partial charge in [0.1, 0.15) is 11.5 Å². The molecule has 39 heavy (non-hydrogen) atoms. The molecule has 0 bridgehead atoms. The van der Waals surface area contributed by atoms with E-state index < -0.39 is 6.61 Å². The summed E-state index contributed by atoms with van der Waals surface area (Å²) >= 11 is 0. The maximum Gasteiger partial charge on any atom is 0.387 e. The van der Waals surface area contributed by atoms with Crippen molar-refractivity contribution in [3.05, 3.63) is 53.3 Å². The predicted molar refractivity (Wildman–Crippen MR) is 142 cm³/mol. The molecule has 3 aliphatic rings. The lowest BCUT2D eigenvalue weighted by Crippen LogP contribution is -2.40. The molecule has 3 aromatic rings. The quantitative estimate of drug-likeness (QED) is 0.435. The minimum atomic E-state index is -3.05. The van der Waals surface area contributed by atoms with Gasteiger partial charge in [-0.15, -0.1) is 0 Å². The number of piperidine rings is 1. The summed E-state index contributed by atoms with van der Waals surface area (Å²) in [5.41, 5.74) is 2.62. The SMILES string of the molecule is CCC1c2nc3ccc(C#CC4CCCN(C(=O)C5CC5)C4)cc3n2-c2c(OC(F)F)cccc2C(=O)N1C. The highest BCUT2D eigenvalue weighted by atomic mass is 19.3. The van der Waals surface area contributed by atoms with Crippen molar-refractivity contribution in [1.82, 2.24) is 19.4 Å². The molecule has 7 nitrogen and oxygen atoms in total. The standard InChI is InChI=1S/C30H30F2N4O3/c1-3-23-27-33-22-14-11-18(9-10-19-6-5-15-35(17-19)28(37)20-12-13-20)16-24(22)36(27)26-21(29(38)34(23)2)7-4-8-25(26)39-30(31)32/h4,7-8,11,14,16,19-20,23,30H,3,5-6,12-13,15,17H2,1-2H3. The van der Waals surface area contributed by atoms with Gasteiger partial charge in [0.25, 0.3) is 5.91 Å². The summed E-state index contributed by atoms with van der Waals surface area (Å²) in [5, 5.41) is 0. The van der Waals surface area contributed by atoms with E-state index in [4.69, 9.17) is 9.72 Å². The van der Waals surface area contributed by atoms with Crippen molar-refractivity contribution in [2.24, 2.45) is 11.8 Å². The molecular weight excluding hydrogens is 502 g/mol. The fraction of sp³-hybridized carbons (Fsp3) is 0.433. The van der Waals surface area contributed by atoms with Gasteiger partial charge in [0.05, 0.1) is 22.6 Å². The van der Waals surface area contributed by atoms with Gasteiger partial charge in [-0.25, -0.2) is 4.98 Å². The Labute approximate surface area is 225 Å². The first-order valence-electron chi connectivity index (χ1n) is 13.5. The average molecular weight is 533 g/mol. The summed E-state index contributed by atoms with van der Waals surface area (Å²) in [6.07, 6.45) is 4.47. The number of alkyl halides is 2. The molecule has 1 aromatic heterocycles. The molecule has 1 aliphatic carbocycles. The van der Waals surface area contributed by atoms with E-state index in [9.17, 15) is 18.4 Å². The Bertz CT molecular complexity index is 1520. The first-order chi connectivity index (χ1) is 18.9. The highest BCUT2D eigenvalue weighted by molar-refractivity contribution is 6.00. The molecule has 202 valence electrons. The molecule has 0 N–H and O–H groups in total. The van der Waals surface area contributed by atoms with Crippen LogP contribution < -0.4 is 4.74 Å². The molecule has 3 heterocycles. The van der Waals surface area contributed by atoms with Crippen molar-refractivity contribution in [2.75, 3.05) is 20.1 Å². The molecule has 2 unspecified atom stereocenters. The van der Waals surface area contributed by atoms with Crippen LogP contribution in [-0.4, -0.2) is 57.9 Å². The molecule has 6 rings (SSSR count). The van der Waals surface area contributed by atoms with E-state index in [1.165, 1.54) is 6.07 Å². The monoisotopic (exact) mass is 532 g/mol. The number of nitrogens with zero attached hydrogens (tertiary/aromatic N) is 4. The first-order valence-corrected chi connectivity index (χ1v) is 13.5. The molecule has 2 aliphatic heterocycles. The molecule has 2 amide bonds. The zero-order chi connectivity index (χ0) is 27.3. The highest BCUT2D eigenvalue weighted by Crippen LogP contribution is 2.40. The minimum Gasteiger partial charge on any atom is -0.433 e. The van der Waals surface area contributed by atoms with E-state index in [2.05, 4.69) is 11.8 Å². The van der Waals surface area contributed by atoms with Crippen molar-refractivity contribution < 1.29 is 23.1 Å². The average Bonchev–Trinajstić information content (AvgIpc) is 3.73. The number of ether oxygens (including phenoxy) is 1. The van der Waals surface area contributed by atoms with Crippen LogP contribution in [0.4, 0.5) is 8.78 Å². The molecule has 1 saturated heterocycles. The van der Waals surface area contributed by atoms with Crippen LogP contribution >= 0.6 is 0 Å². The number of amides is 2. The van der Waals surface area contributed by atoms with E-state index in [1.807, 2.05) is 30.0 Å².